The lowest BCUT2D eigenvalue weighted by Crippen LogP contribution is -2.49. The van der Waals surface area contributed by atoms with Gasteiger partial charge in [-0.3, -0.25) is 0 Å². The number of carbonyl (C=O) groups excluding carboxylic acids is 2. The van der Waals surface area contributed by atoms with Crippen LogP contribution in [-0.2, 0) is 19.1 Å². The molecule has 0 aromatic carbocycles. The molecule has 1 aromatic rings. The number of pyridine rings is 1. The second-order valence-corrected chi connectivity index (χ2v) is 7.75. The zero-order valence-electron chi connectivity index (χ0n) is 16.3. The molecule has 3 aliphatic rings. The van der Waals surface area contributed by atoms with E-state index in [4.69, 9.17) is 14.6 Å². The second-order valence-electron chi connectivity index (χ2n) is 7.75. The molecule has 0 bridgehead atoms. The van der Waals surface area contributed by atoms with Crippen molar-refractivity contribution >= 4 is 35.4 Å². The largest absolute Gasteiger partial charge is 0.465 e. The lowest BCUT2D eigenvalue weighted by molar-refractivity contribution is -0.224. The fourth-order valence-electron chi connectivity index (χ4n) is 3.54. The number of amides is 1. The molecule has 0 atom stereocenters. The highest BCUT2D eigenvalue weighted by atomic mass is 19.1. The van der Waals surface area contributed by atoms with Gasteiger partial charge in [-0.05, 0) is 30.9 Å². The van der Waals surface area contributed by atoms with Crippen LogP contribution in [0.15, 0.2) is 17.1 Å². The van der Waals surface area contributed by atoms with Crippen molar-refractivity contribution in [3.63, 3.8) is 0 Å². The van der Waals surface area contributed by atoms with Crippen molar-refractivity contribution < 1.29 is 33.4 Å². The first-order valence-corrected chi connectivity index (χ1v) is 9.69. The maximum Gasteiger partial charge on any atom is 0.407 e. The Morgan fingerprint density at radius 2 is 1.87 bits per heavy atom. The number of hydrogen-bond acceptors (Lipinski definition) is 8. The van der Waals surface area contributed by atoms with Gasteiger partial charge in [0.15, 0.2) is 17.5 Å². The number of carboxylic acid groups (broad SMARTS) is 1. The highest BCUT2D eigenvalue weighted by Crippen LogP contribution is 2.39. The van der Waals surface area contributed by atoms with E-state index in [0.717, 1.165) is 18.9 Å². The van der Waals surface area contributed by atoms with E-state index in [1.165, 1.54) is 11.0 Å². The van der Waals surface area contributed by atoms with E-state index in [-0.39, 0.29) is 37.8 Å². The van der Waals surface area contributed by atoms with Crippen LogP contribution in [-0.4, -0.2) is 70.7 Å². The Morgan fingerprint density at radius 1 is 1.23 bits per heavy atom. The topological polar surface area (TPSA) is 122 Å². The summed E-state index contributed by atoms with van der Waals surface area (Å²) in [7, 11) is 0. The normalized spacial score (nSPS) is 24.4. The van der Waals surface area contributed by atoms with Gasteiger partial charge in [-0.15, -0.1) is 0 Å². The molecule has 0 spiro atoms. The number of aliphatic imine (C=N–C) groups is 1. The minimum absolute atomic E-state index is 0.0296. The van der Waals surface area contributed by atoms with E-state index in [1.54, 1.807) is 11.8 Å². The van der Waals surface area contributed by atoms with Gasteiger partial charge < -0.3 is 24.4 Å². The van der Waals surface area contributed by atoms with Gasteiger partial charge in [0.05, 0.1) is 0 Å². The fourth-order valence-corrected chi connectivity index (χ4v) is 3.54. The number of aromatic nitrogens is 1. The zero-order valence-corrected chi connectivity index (χ0v) is 16.3. The molecule has 4 rings (SSSR count). The summed E-state index contributed by atoms with van der Waals surface area (Å²) in [6, 6.07) is 2.36. The monoisotopic (exact) mass is 420 g/mol. The molecule has 1 N–H and O–H groups in total. The Balaban J connectivity index is 1.51. The number of esters is 2. The van der Waals surface area contributed by atoms with Gasteiger partial charge >= 0.3 is 18.0 Å². The number of carbonyl (C=O) groups is 3. The van der Waals surface area contributed by atoms with Crippen LogP contribution in [0.4, 0.5) is 20.8 Å². The first-order valence-electron chi connectivity index (χ1n) is 9.69. The van der Waals surface area contributed by atoms with Crippen molar-refractivity contribution in [3.05, 3.63) is 17.9 Å². The van der Waals surface area contributed by atoms with Crippen LogP contribution in [0.2, 0.25) is 0 Å². The van der Waals surface area contributed by atoms with Crippen molar-refractivity contribution in [1.29, 1.82) is 0 Å². The van der Waals surface area contributed by atoms with E-state index in [2.05, 4.69) is 9.98 Å². The Labute approximate surface area is 171 Å². The van der Waals surface area contributed by atoms with Gasteiger partial charge in [0.1, 0.15) is 0 Å². The summed E-state index contributed by atoms with van der Waals surface area (Å²) in [5.41, 5.74) is -0.552. The van der Waals surface area contributed by atoms with Crippen LogP contribution in [0.3, 0.4) is 0 Å². The number of cyclic esters (lactones) is 2. The van der Waals surface area contributed by atoms with Crippen LogP contribution in [0.1, 0.15) is 26.2 Å². The summed E-state index contributed by atoms with van der Waals surface area (Å²) in [4.78, 5) is 46.6. The number of nitrogens with zero attached hydrogens (tertiary/aromatic N) is 4. The quantitative estimate of drug-likeness (QED) is 0.731. The molecule has 0 radical (unpaired) electrons. The molecule has 0 unspecified atom stereocenters. The second kappa shape index (κ2) is 7.54. The van der Waals surface area contributed by atoms with Crippen molar-refractivity contribution in [3.8, 4) is 0 Å². The highest BCUT2D eigenvalue weighted by molar-refractivity contribution is 6.63. The average Bonchev–Trinajstić information content (AvgIpc) is 3.49. The average molecular weight is 420 g/mol. The number of anilines is 1. The molecule has 3 fully saturated rings. The summed E-state index contributed by atoms with van der Waals surface area (Å²) in [6.45, 7) is 2.45. The van der Waals surface area contributed by atoms with Crippen LogP contribution in [0.5, 0.6) is 0 Å². The molecule has 1 saturated carbocycles. The van der Waals surface area contributed by atoms with E-state index in [1.807, 2.05) is 0 Å². The summed E-state index contributed by atoms with van der Waals surface area (Å²) in [5.74, 6) is -3.45. The van der Waals surface area contributed by atoms with E-state index < -0.39 is 35.3 Å². The molecule has 30 heavy (non-hydrogen) atoms. The SMILES string of the molecule is CC1(CC2CC2)OC(=O)C(=Nc2ccc(F)c(N3CCN(C(=O)O)CC3)n2)C(=O)O1. The third-order valence-electron chi connectivity index (χ3n) is 5.25. The Kier molecular flexibility index (Phi) is 5.04. The first-order chi connectivity index (χ1) is 14.2. The molecule has 11 heteroatoms. The summed E-state index contributed by atoms with van der Waals surface area (Å²) >= 11 is 0. The van der Waals surface area contributed by atoms with Gasteiger partial charge in [0.2, 0.25) is 5.71 Å². The van der Waals surface area contributed by atoms with Crippen LogP contribution >= 0.6 is 0 Å². The van der Waals surface area contributed by atoms with Crippen molar-refractivity contribution in [1.82, 2.24) is 9.88 Å². The Bertz CT molecular complexity index is 904. The summed E-state index contributed by atoms with van der Waals surface area (Å²) < 4.78 is 24.9. The minimum Gasteiger partial charge on any atom is -0.465 e. The lowest BCUT2D eigenvalue weighted by Gasteiger charge is -2.34. The van der Waals surface area contributed by atoms with Crippen molar-refractivity contribution in [2.24, 2.45) is 10.9 Å². The van der Waals surface area contributed by atoms with Gasteiger partial charge in [0.25, 0.3) is 5.79 Å². The molecular weight excluding hydrogens is 399 g/mol. The highest BCUT2D eigenvalue weighted by Gasteiger charge is 2.46. The summed E-state index contributed by atoms with van der Waals surface area (Å²) in [6.07, 6.45) is 1.42. The van der Waals surface area contributed by atoms with Crippen LogP contribution in [0, 0.1) is 11.7 Å². The predicted octanol–water partition coefficient (Wildman–Crippen LogP) is 1.71. The van der Waals surface area contributed by atoms with Gasteiger partial charge in [-0.25, -0.2) is 28.8 Å². The number of rotatable bonds is 4. The summed E-state index contributed by atoms with van der Waals surface area (Å²) in [5, 5.41) is 9.03. The third kappa shape index (κ3) is 4.19. The fraction of sp³-hybridized carbons (Fsp3) is 0.526. The maximum absolute atomic E-state index is 14.3. The third-order valence-corrected chi connectivity index (χ3v) is 5.25. The lowest BCUT2D eigenvalue weighted by atomic mass is 10.1. The predicted molar refractivity (Wildman–Crippen MR) is 101 cm³/mol. The Hall–Kier alpha value is -3.24. The molecule has 3 heterocycles. The van der Waals surface area contributed by atoms with E-state index in [0.29, 0.717) is 12.3 Å². The van der Waals surface area contributed by atoms with E-state index in [9.17, 15) is 18.8 Å². The Morgan fingerprint density at radius 3 is 2.43 bits per heavy atom. The van der Waals surface area contributed by atoms with Gasteiger partial charge in [0, 0.05) is 39.5 Å². The minimum atomic E-state index is -1.31. The van der Waals surface area contributed by atoms with Crippen LogP contribution in [0.25, 0.3) is 0 Å². The molecule has 1 aliphatic carbocycles. The maximum atomic E-state index is 14.3. The van der Waals surface area contributed by atoms with Gasteiger partial charge in [-0.1, -0.05) is 0 Å². The molecule has 160 valence electrons. The van der Waals surface area contributed by atoms with Gasteiger partial charge in [-0.2, -0.15) is 0 Å². The first kappa shape index (κ1) is 20.0. The number of ether oxygens (including phenoxy) is 2. The van der Waals surface area contributed by atoms with E-state index >= 15 is 0 Å². The molecule has 2 aliphatic heterocycles. The molecule has 2 saturated heterocycles. The standard InChI is InChI=1S/C19H21FN4O6/c1-19(10-11-2-3-11)29-16(25)14(17(26)30-19)21-13-5-4-12(20)15(22-13)23-6-8-24(9-7-23)18(27)28/h4-5,11H,2-3,6-10H2,1H3,(H,27,28). The molecular formula is C19H21FN4O6. The number of piperazine rings is 1. The molecule has 10 nitrogen and oxygen atoms in total. The molecule has 1 amide bonds. The smallest absolute Gasteiger partial charge is 0.407 e. The zero-order chi connectivity index (χ0) is 21.5. The van der Waals surface area contributed by atoms with Crippen molar-refractivity contribution in [2.45, 2.75) is 32.0 Å². The molecule has 1 aromatic heterocycles. The number of hydrogen-bond donors (Lipinski definition) is 1. The van der Waals surface area contributed by atoms with Crippen LogP contribution < -0.4 is 4.90 Å². The number of halogens is 1. The van der Waals surface area contributed by atoms with Crippen molar-refractivity contribution in [2.75, 3.05) is 31.1 Å².